The number of esters is 1. The molecule has 0 spiro atoms. The van der Waals surface area contributed by atoms with E-state index in [0.29, 0.717) is 12.6 Å². The molecule has 0 unspecified atom stereocenters. The van der Waals surface area contributed by atoms with E-state index in [1.165, 1.54) is 38.5 Å². The van der Waals surface area contributed by atoms with Crippen molar-refractivity contribution in [3.8, 4) is 0 Å². The Bertz CT molecular complexity index is 222. The highest BCUT2D eigenvalue weighted by Crippen LogP contribution is 2.22. The lowest BCUT2D eigenvalue weighted by atomic mass is 10.1. The number of carbonyl (C=O) groups is 1. The predicted molar refractivity (Wildman–Crippen MR) is 70.0 cm³/mol. The molecule has 1 saturated carbocycles. The summed E-state index contributed by atoms with van der Waals surface area (Å²) in [6, 6.07) is 0.450. The Morgan fingerprint density at radius 1 is 1.29 bits per heavy atom. The van der Waals surface area contributed by atoms with Gasteiger partial charge >= 0.3 is 5.97 Å². The van der Waals surface area contributed by atoms with Gasteiger partial charge < -0.3 is 4.74 Å². The fourth-order valence-electron chi connectivity index (χ4n) is 2.47. The first-order chi connectivity index (χ1) is 8.16. The third-order valence-electron chi connectivity index (χ3n) is 3.80. The van der Waals surface area contributed by atoms with Crippen LogP contribution in [-0.2, 0) is 9.53 Å². The maximum Gasteiger partial charge on any atom is 0.323 e. The summed E-state index contributed by atoms with van der Waals surface area (Å²) >= 11 is 0. The van der Waals surface area contributed by atoms with Crippen LogP contribution in [0, 0.1) is 0 Å². The van der Waals surface area contributed by atoms with Crippen LogP contribution < -0.4 is 0 Å². The van der Waals surface area contributed by atoms with Gasteiger partial charge in [-0.05, 0) is 33.2 Å². The fourth-order valence-corrected chi connectivity index (χ4v) is 2.47. The lowest BCUT2D eigenvalue weighted by Crippen LogP contribution is -2.43. The van der Waals surface area contributed by atoms with Crippen LogP contribution in [0.1, 0.15) is 58.8 Å². The molecule has 1 atom stereocenters. The molecule has 0 bridgehead atoms. The zero-order chi connectivity index (χ0) is 12.7. The van der Waals surface area contributed by atoms with Gasteiger partial charge in [0.25, 0.3) is 0 Å². The first-order valence-corrected chi connectivity index (χ1v) is 7.05. The zero-order valence-electron chi connectivity index (χ0n) is 11.6. The number of nitrogens with zero attached hydrogens (tertiary/aromatic N) is 1. The van der Waals surface area contributed by atoms with Gasteiger partial charge in [0.15, 0.2) is 0 Å². The van der Waals surface area contributed by atoms with E-state index in [2.05, 4.69) is 11.9 Å². The number of rotatable bonds is 5. The summed E-state index contributed by atoms with van der Waals surface area (Å²) in [6.07, 6.45) is 8.63. The van der Waals surface area contributed by atoms with Crippen LogP contribution in [0.4, 0.5) is 0 Å². The van der Waals surface area contributed by atoms with Crippen molar-refractivity contribution in [2.45, 2.75) is 70.9 Å². The van der Waals surface area contributed by atoms with Gasteiger partial charge in [0, 0.05) is 6.04 Å². The minimum atomic E-state index is -0.107. The van der Waals surface area contributed by atoms with Crippen LogP contribution >= 0.6 is 0 Å². The molecule has 100 valence electrons. The molecule has 0 amide bonds. The van der Waals surface area contributed by atoms with Crippen molar-refractivity contribution in [1.82, 2.24) is 4.90 Å². The van der Waals surface area contributed by atoms with Crippen LogP contribution in [0.5, 0.6) is 0 Å². The van der Waals surface area contributed by atoms with Crippen molar-refractivity contribution in [2.24, 2.45) is 0 Å². The third kappa shape index (κ3) is 4.66. The monoisotopic (exact) mass is 241 g/mol. The summed E-state index contributed by atoms with van der Waals surface area (Å²) in [5, 5.41) is 0. The number of ether oxygens (including phenoxy) is 1. The molecule has 3 nitrogen and oxygen atoms in total. The topological polar surface area (TPSA) is 29.5 Å². The predicted octanol–water partition coefficient (Wildman–Crippen LogP) is 2.98. The Hall–Kier alpha value is -0.570. The van der Waals surface area contributed by atoms with E-state index in [9.17, 15) is 4.79 Å². The summed E-state index contributed by atoms with van der Waals surface area (Å²) in [5.41, 5.74) is 0. The average Bonchev–Trinajstić information content (AvgIpc) is 2.62. The second kappa shape index (κ2) is 7.70. The van der Waals surface area contributed by atoms with Crippen molar-refractivity contribution in [3.63, 3.8) is 0 Å². The van der Waals surface area contributed by atoms with Crippen LogP contribution in [-0.4, -0.2) is 36.6 Å². The quantitative estimate of drug-likeness (QED) is 0.547. The summed E-state index contributed by atoms with van der Waals surface area (Å²) in [4.78, 5) is 14.0. The van der Waals surface area contributed by atoms with Crippen LogP contribution in [0.3, 0.4) is 0 Å². The molecule has 0 aromatic carbocycles. The Morgan fingerprint density at radius 3 is 2.41 bits per heavy atom. The first-order valence-electron chi connectivity index (χ1n) is 7.05. The molecular formula is C14H27NO2. The fraction of sp³-hybridized carbons (Fsp3) is 0.929. The Kier molecular flexibility index (Phi) is 6.56. The van der Waals surface area contributed by atoms with Crippen LogP contribution in [0.25, 0.3) is 0 Å². The highest BCUT2D eigenvalue weighted by atomic mass is 16.5. The van der Waals surface area contributed by atoms with E-state index in [-0.39, 0.29) is 12.0 Å². The Balaban J connectivity index is 2.43. The molecule has 1 aliphatic rings. The van der Waals surface area contributed by atoms with Crippen molar-refractivity contribution >= 4 is 5.97 Å². The summed E-state index contributed by atoms with van der Waals surface area (Å²) in [6.45, 7) is 4.53. The van der Waals surface area contributed by atoms with Gasteiger partial charge in [-0.15, -0.1) is 0 Å². The van der Waals surface area contributed by atoms with Gasteiger partial charge in [-0.25, -0.2) is 0 Å². The summed E-state index contributed by atoms with van der Waals surface area (Å²) < 4.78 is 5.22. The lowest BCUT2D eigenvalue weighted by Gasteiger charge is -2.31. The standard InChI is InChI=1S/C14H27NO2/c1-4-11-17-14(16)12(2)15(3)13-9-7-5-6-8-10-13/h12-13H,4-11H2,1-3H3/t12-/m1/s1. The smallest absolute Gasteiger partial charge is 0.323 e. The van der Waals surface area contributed by atoms with Gasteiger partial charge in [-0.2, -0.15) is 0 Å². The van der Waals surface area contributed by atoms with Crippen LogP contribution in [0.15, 0.2) is 0 Å². The molecule has 0 heterocycles. The van der Waals surface area contributed by atoms with Gasteiger partial charge in [0.2, 0.25) is 0 Å². The lowest BCUT2D eigenvalue weighted by molar-refractivity contribution is -0.149. The Labute approximate surface area is 106 Å². The number of hydrogen-bond donors (Lipinski definition) is 0. The SMILES string of the molecule is CCCOC(=O)[C@@H](C)N(C)C1CCCCCC1. The van der Waals surface area contributed by atoms with Gasteiger partial charge in [-0.3, -0.25) is 9.69 Å². The van der Waals surface area contributed by atoms with E-state index in [1.54, 1.807) is 0 Å². The average molecular weight is 241 g/mol. The van der Waals surface area contributed by atoms with Crippen molar-refractivity contribution in [2.75, 3.05) is 13.7 Å². The second-order valence-electron chi connectivity index (χ2n) is 5.15. The number of carbonyl (C=O) groups excluding carboxylic acids is 1. The highest BCUT2D eigenvalue weighted by molar-refractivity contribution is 5.75. The van der Waals surface area contributed by atoms with Gasteiger partial charge in [-0.1, -0.05) is 32.6 Å². The Morgan fingerprint density at radius 2 is 1.88 bits per heavy atom. The normalized spacial score (nSPS) is 20.0. The molecule has 0 radical (unpaired) electrons. The molecule has 0 aliphatic heterocycles. The van der Waals surface area contributed by atoms with E-state index in [0.717, 1.165) is 6.42 Å². The largest absolute Gasteiger partial charge is 0.465 e. The van der Waals surface area contributed by atoms with Crippen molar-refractivity contribution < 1.29 is 9.53 Å². The summed E-state index contributed by atoms with van der Waals surface area (Å²) in [5.74, 6) is -0.0707. The van der Waals surface area contributed by atoms with Gasteiger partial charge in [0.1, 0.15) is 6.04 Å². The van der Waals surface area contributed by atoms with Crippen molar-refractivity contribution in [3.05, 3.63) is 0 Å². The molecule has 1 fully saturated rings. The minimum absolute atomic E-state index is 0.0707. The van der Waals surface area contributed by atoms with Crippen LogP contribution in [0.2, 0.25) is 0 Å². The maximum absolute atomic E-state index is 11.8. The zero-order valence-corrected chi connectivity index (χ0v) is 11.6. The number of hydrogen-bond acceptors (Lipinski definition) is 3. The molecule has 1 rings (SSSR count). The van der Waals surface area contributed by atoms with E-state index < -0.39 is 0 Å². The molecule has 0 N–H and O–H groups in total. The van der Waals surface area contributed by atoms with Gasteiger partial charge in [0.05, 0.1) is 6.61 Å². The summed E-state index contributed by atoms with van der Waals surface area (Å²) in [7, 11) is 2.06. The molecule has 3 heteroatoms. The minimum Gasteiger partial charge on any atom is -0.465 e. The molecule has 0 aromatic heterocycles. The first kappa shape index (κ1) is 14.5. The van der Waals surface area contributed by atoms with Crippen molar-refractivity contribution in [1.29, 1.82) is 0 Å². The highest BCUT2D eigenvalue weighted by Gasteiger charge is 2.26. The molecule has 0 aromatic rings. The molecular weight excluding hydrogens is 214 g/mol. The van der Waals surface area contributed by atoms with E-state index >= 15 is 0 Å². The second-order valence-corrected chi connectivity index (χ2v) is 5.15. The van der Waals surface area contributed by atoms with E-state index in [1.807, 2.05) is 13.8 Å². The molecule has 0 saturated heterocycles. The third-order valence-corrected chi connectivity index (χ3v) is 3.80. The molecule has 17 heavy (non-hydrogen) atoms. The van der Waals surface area contributed by atoms with E-state index in [4.69, 9.17) is 4.74 Å². The number of likely N-dealkylation sites (N-methyl/N-ethyl adjacent to an activating group) is 1. The molecule has 1 aliphatic carbocycles. The maximum atomic E-state index is 11.8.